The van der Waals surface area contributed by atoms with Crippen LogP contribution in [0, 0.1) is 5.92 Å². The normalized spacial score (nSPS) is 24.6. The number of rotatable bonds is 2. The summed E-state index contributed by atoms with van der Waals surface area (Å²) in [6.45, 7) is 0. The molecule has 0 N–H and O–H groups in total. The molecular weight excluding hydrogens is 158 g/mol. The van der Waals surface area contributed by atoms with Gasteiger partial charge in [-0.25, -0.2) is 0 Å². The van der Waals surface area contributed by atoms with Gasteiger partial charge in [-0.2, -0.15) is 0 Å². The second kappa shape index (κ2) is 4.68. The molecule has 1 aliphatic carbocycles. The largest absolute Gasteiger partial charge is 0.137 e. The summed E-state index contributed by atoms with van der Waals surface area (Å²) in [5.41, 5.74) is 0.866. The highest BCUT2D eigenvalue weighted by Gasteiger charge is 2.18. The lowest BCUT2D eigenvalue weighted by Crippen LogP contribution is -2.18. The van der Waals surface area contributed by atoms with Crippen LogP contribution in [0.3, 0.4) is 0 Å². The first-order chi connectivity index (χ1) is 4.84. The van der Waals surface area contributed by atoms with E-state index in [2.05, 4.69) is 18.5 Å². The molecular formula is C8H18P2. The summed E-state index contributed by atoms with van der Waals surface area (Å²) >= 11 is 0. The van der Waals surface area contributed by atoms with Gasteiger partial charge in [-0.3, -0.25) is 0 Å². The lowest BCUT2D eigenvalue weighted by molar-refractivity contribution is 0.358. The number of hydrogen-bond acceptors (Lipinski definition) is 0. The molecule has 1 saturated carbocycles. The Morgan fingerprint density at radius 2 is 1.80 bits per heavy atom. The Labute approximate surface area is 68.9 Å². The highest BCUT2D eigenvalue weighted by molar-refractivity contribution is 7.22. The van der Waals surface area contributed by atoms with Gasteiger partial charge < -0.3 is 0 Å². The predicted octanol–water partition coefficient (Wildman–Crippen LogP) is 2.69. The van der Waals surface area contributed by atoms with Crippen LogP contribution in [-0.4, -0.2) is 11.8 Å². The van der Waals surface area contributed by atoms with Crippen LogP contribution in [0.2, 0.25) is 0 Å². The molecule has 1 rings (SSSR count). The molecule has 1 aliphatic rings. The van der Waals surface area contributed by atoms with Crippen LogP contribution in [-0.2, 0) is 0 Å². The third-order valence-electron chi connectivity index (χ3n) is 2.53. The predicted molar refractivity (Wildman–Crippen MR) is 54.7 cm³/mol. The fraction of sp³-hybridized carbons (Fsp3) is 1.00. The van der Waals surface area contributed by atoms with E-state index in [-0.39, 0.29) is 0 Å². The molecule has 0 amide bonds. The van der Waals surface area contributed by atoms with Crippen molar-refractivity contribution in [2.24, 2.45) is 5.92 Å². The van der Waals surface area contributed by atoms with Crippen molar-refractivity contribution in [2.45, 2.75) is 37.8 Å². The molecule has 1 fully saturated rings. The molecule has 0 saturated heterocycles. The summed E-state index contributed by atoms with van der Waals surface area (Å²) in [4.78, 5) is 0. The molecule has 2 heteroatoms. The quantitative estimate of drug-likeness (QED) is 0.567. The van der Waals surface area contributed by atoms with E-state index < -0.39 is 0 Å². The van der Waals surface area contributed by atoms with Gasteiger partial charge in [0.1, 0.15) is 0 Å². The second-order valence-corrected chi connectivity index (χ2v) is 4.63. The van der Waals surface area contributed by atoms with Crippen LogP contribution in [0.4, 0.5) is 0 Å². The summed E-state index contributed by atoms with van der Waals surface area (Å²) < 4.78 is 0. The topological polar surface area (TPSA) is 0 Å². The lowest BCUT2D eigenvalue weighted by atomic mass is 9.87. The summed E-state index contributed by atoms with van der Waals surface area (Å²) in [6.07, 6.45) is 8.63. The Morgan fingerprint density at radius 3 is 2.30 bits per heavy atom. The Kier molecular flexibility index (Phi) is 4.19. The summed E-state index contributed by atoms with van der Waals surface area (Å²) in [6, 6.07) is 0. The molecule has 0 aromatic heterocycles. The van der Waals surface area contributed by atoms with Crippen LogP contribution < -0.4 is 0 Å². The van der Waals surface area contributed by atoms with E-state index in [4.69, 9.17) is 0 Å². The van der Waals surface area contributed by atoms with Crippen LogP contribution in [0.25, 0.3) is 0 Å². The zero-order valence-electron chi connectivity index (χ0n) is 6.55. The van der Waals surface area contributed by atoms with Crippen molar-refractivity contribution in [1.82, 2.24) is 0 Å². The third kappa shape index (κ3) is 2.48. The van der Waals surface area contributed by atoms with Gasteiger partial charge in [-0.1, -0.05) is 19.3 Å². The Bertz CT molecular complexity index is 87.3. The highest BCUT2D eigenvalue weighted by Crippen LogP contribution is 2.30. The molecule has 0 aromatic rings. The van der Waals surface area contributed by atoms with Crippen molar-refractivity contribution < 1.29 is 0 Å². The fourth-order valence-corrected chi connectivity index (χ4v) is 2.52. The monoisotopic (exact) mass is 176 g/mol. The zero-order chi connectivity index (χ0) is 7.40. The van der Waals surface area contributed by atoms with E-state index in [0.29, 0.717) is 0 Å². The summed E-state index contributed by atoms with van der Waals surface area (Å²) in [7, 11) is 5.83. The van der Waals surface area contributed by atoms with E-state index in [1.165, 1.54) is 38.3 Å². The maximum atomic E-state index is 2.98. The minimum absolute atomic E-state index is 0.866. The standard InChI is InChI=1S/C8H18P2/c9-6-8(10)7-4-2-1-3-5-7/h7-8H,1-6,9-10H2. The van der Waals surface area contributed by atoms with Crippen LogP contribution in [0.1, 0.15) is 32.1 Å². The maximum Gasteiger partial charge on any atom is -0.0201 e. The fourth-order valence-electron chi connectivity index (χ4n) is 1.75. The molecule has 60 valence electrons. The van der Waals surface area contributed by atoms with E-state index >= 15 is 0 Å². The van der Waals surface area contributed by atoms with E-state index in [1.807, 2.05) is 0 Å². The van der Waals surface area contributed by atoms with Crippen LogP contribution in [0.5, 0.6) is 0 Å². The van der Waals surface area contributed by atoms with Crippen molar-refractivity contribution in [1.29, 1.82) is 0 Å². The third-order valence-corrected chi connectivity index (χ3v) is 4.43. The van der Waals surface area contributed by atoms with Crippen molar-refractivity contribution in [3.8, 4) is 0 Å². The average molecular weight is 176 g/mol. The van der Waals surface area contributed by atoms with Crippen molar-refractivity contribution in [3.63, 3.8) is 0 Å². The van der Waals surface area contributed by atoms with Gasteiger partial charge >= 0.3 is 0 Å². The van der Waals surface area contributed by atoms with Crippen molar-refractivity contribution in [2.75, 3.05) is 6.16 Å². The van der Waals surface area contributed by atoms with Gasteiger partial charge in [-0.15, -0.1) is 18.5 Å². The molecule has 0 aliphatic heterocycles. The van der Waals surface area contributed by atoms with E-state index in [0.717, 1.165) is 11.6 Å². The SMILES string of the molecule is PCC(P)C1CCCCC1. The number of hydrogen-bond donors (Lipinski definition) is 0. The van der Waals surface area contributed by atoms with Gasteiger partial charge in [0.05, 0.1) is 0 Å². The molecule has 0 nitrogen and oxygen atoms in total. The Balaban J connectivity index is 2.24. The van der Waals surface area contributed by atoms with Gasteiger partial charge in [0.2, 0.25) is 0 Å². The average Bonchev–Trinajstić information content (AvgIpc) is 2.05. The molecule has 0 spiro atoms. The molecule has 3 atom stereocenters. The zero-order valence-corrected chi connectivity index (χ0v) is 8.86. The van der Waals surface area contributed by atoms with Gasteiger partial charge in [0.15, 0.2) is 0 Å². The summed E-state index contributed by atoms with van der Waals surface area (Å²) in [5, 5.41) is 0. The van der Waals surface area contributed by atoms with Gasteiger partial charge in [-0.05, 0) is 30.6 Å². The molecule has 10 heavy (non-hydrogen) atoms. The van der Waals surface area contributed by atoms with Crippen molar-refractivity contribution >= 4 is 18.5 Å². The van der Waals surface area contributed by atoms with Crippen LogP contribution in [0.15, 0.2) is 0 Å². The van der Waals surface area contributed by atoms with E-state index in [1.54, 1.807) is 0 Å². The molecule has 0 bridgehead atoms. The molecule has 0 aromatic carbocycles. The lowest BCUT2D eigenvalue weighted by Gasteiger charge is -2.26. The molecule has 3 unspecified atom stereocenters. The van der Waals surface area contributed by atoms with E-state index in [9.17, 15) is 0 Å². The first kappa shape index (κ1) is 8.95. The van der Waals surface area contributed by atoms with Crippen LogP contribution >= 0.6 is 18.5 Å². The van der Waals surface area contributed by atoms with Gasteiger partial charge in [0.25, 0.3) is 0 Å². The minimum Gasteiger partial charge on any atom is -0.137 e. The smallest absolute Gasteiger partial charge is 0.0201 e. The summed E-state index contributed by atoms with van der Waals surface area (Å²) in [5.74, 6) is 1.01. The first-order valence-electron chi connectivity index (χ1n) is 4.30. The second-order valence-electron chi connectivity index (χ2n) is 3.30. The Morgan fingerprint density at radius 1 is 1.20 bits per heavy atom. The maximum absolute atomic E-state index is 2.98. The minimum atomic E-state index is 0.866. The first-order valence-corrected chi connectivity index (χ1v) is 5.78. The highest BCUT2D eigenvalue weighted by atomic mass is 31.0. The van der Waals surface area contributed by atoms with Crippen molar-refractivity contribution in [3.05, 3.63) is 0 Å². The molecule has 0 heterocycles. The van der Waals surface area contributed by atoms with Gasteiger partial charge in [0, 0.05) is 0 Å². The molecule has 0 radical (unpaired) electrons. The Hall–Kier alpha value is 0.860.